The van der Waals surface area contributed by atoms with E-state index in [1.807, 2.05) is 11.0 Å². The Labute approximate surface area is 107 Å². The summed E-state index contributed by atoms with van der Waals surface area (Å²) >= 11 is 0. The third-order valence-electron chi connectivity index (χ3n) is 4.05. The molecule has 1 atom stereocenters. The van der Waals surface area contributed by atoms with E-state index in [0.29, 0.717) is 11.8 Å². The molecule has 2 heterocycles. The zero-order valence-electron chi connectivity index (χ0n) is 10.5. The van der Waals surface area contributed by atoms with Gasteiger partial charge in [0.25, 0.3) is 0 Å². The highest BCUT2D eigenvalue weighted by Crippen LogP contribution is 2.28. The van der Waals surface area contributed by atoms with Crippen molar-refractivity contribution in [3.8, 4) is 0 Å². The van der Waals surface area contributed by atoms with E-state index in [9.17, 15) is 4.79 Å². The monoisotopic (exact) mass is 245 g/mol. The summed E-state index contributed by atoms with van der Waals surface area (Å²) < 4.78 is 0. The third-order valence-corrected chi connectivity index (χ3v) is 4.05. The molecule has 0 spiro atoms. The number of likely N-dealkylation sites (tertiary alicyclic amines) is 1. The van der Waals surface area contributed by atoms with Crippen LogP contribution in [-0.2, 0) is 4.79 Å². The van der Waals surface area contributed by atoms with Crippen molar-refractivity contribution in [1.29, 1.82) is 0 Å². The summed E-state index contributed by atoms with van der Waals surface area (Å²) in [7, 11) is 0. The third kappa shape index (κ3) is 2.19. The van der Waals surface area contributed by atoms with Crippen LogP contribution in [0.25, 0.3) is 0 Å². The average Bonchev–Trinajstić information content (AvgIpc) is 3.11. The van der Waals surface area contributed by atoms with E-state index >= 15 is 0 Å². The number of hydrogen-bond donors (Lipinski definition) is 1. The number of rotatable bonds is 2. The summed E-state index contributed by atoms with van der Waals surface area (Å²) in [5.41, 5.74) is 1.16. The molecule has 0 aromatic carbocycles. The fourth-order valence-corrected chi connectivity index (χ4v) is 3.00. The zero-order chi connectivity index (χ0) is 12.4. The van der Waals surface area contributed by atoms with Gasteiger partial charge in [0.05, 0.1) is 0 Å². The Morgan fingerprint density at radius 3 is 2.94 bits per heavy atom. The number of carbonyl (C=O) groups excluding carboxylic acids is 1. The number of aromatic nitrogens is 2. The van der Waals surface area contributed by atoms with Crippen LogP contribution in [0, 0.1) is 5.92 Å². The van der Waals surface area contributed by atoms with Crippen LogP contribution < -0.4 is 0 Å². The predicted molar refractivity (Wildman–Crippen MR) is 69.0 cm³/mol. The van der Waals surface area contributed by atoms with Gasteiger partial charge in [-0.25, -0.2) is 0 Å². The highest BCUT2D eigenvalue weighted by atomic mass is 16.2. The topological polar surface area (TPSA) is 49.0 Å². The Morgan fingerprint density at radius 2 is 2.22 bits per heavy atom. The van der Waals surface area contributed by atoms with Crippen molar-refractivity contribution in [1.82, 2.24) is 15.1 Å². The molecule has 2 aliphatic rings. The van der Waals surface area contributed by atoms with E-state index in [-0.39, 0.29) is 5.92 Å². The minimum absolute atomic E-state index is 0.200. The minimum atomic E-state index is 0.200. The molecule has 0 unspecified atom stereocenters. The van der Waals surface area contributed by atoms with Crippen LogP contribution in [0.5, 0.6) is 0 Å². The van der Waals surface area contributed by atoms with Gasteiger partial charge in [-0.2, -0.15) is 5.10 Å². The molecule has 0 bridgehead atoms. The summed E-state index contributed by atoms with van der Waals surface area (Å²) in [6, 6.07) is 2.02. The minimum Gasteiger partial charge on any atom is -0.342 e. The van der Waals surface area contributed by atoms with Crippen molar-refractivity contribution in [3.63, 3.8) is 0 Å². The molecule has 4 nitrogen and oxygen atoms in total. The van der Waals surface area contributed by atoms with Crippen LogP contribution in [0.15, 0.2) is 24.4 Å². The number of hydrogen-bond acceptors (Lipinski definition) is 2. The lowest BCUT2D eigenvalue weighted by molar-refractivity contribution is -0.136. The van der Waals surface area contributed by atoms with E-state index in [0.717, 1.165) is 44.5 Å². The molecule has 1 aliphatic heterocycles. The quantitative estimate of drug-likeness (QED) is 0.811. The van der Waals surface area contributed by atoms with Crippen molar-refractivity contribution in [3.05, 3.63) is 30.1 Å². The van der Waals surface area contributed by atoms with Gasteiger partial charge >= 0.3 is 0 Å². The second-order valence-electron chi connectivity index (χ2n) is 5.28. The summed E-state index contributed by atoms with van der Waals surface area (Å²) in [6.07, 6.45) is 10.1. The zero-order valence-corrected chi connectivity index (χ0v) is 10.5. The molecule has 1 aromatic heterocycles. The molecule has 0 radical (unpaired) electrons. The van der Waals surface area contributed by atoms with Gasteiger partial charge < -0.3 is 4.90 Å². The predicted octanol–water partition coefficient (Wildman–Crippen LogP) is 2.08. The largest absolute Gasteiger partial charge is 0.342 e. The van der Waals surface area contributed by atoms with Crippen molar-refractivity contribution < 1.29 is 4.79 Å². The molecule has 1 N–H and O–H groups in total. The number of amides is 1. The first-order valence-electron chi connectivity index (χ1n) is 6.77. The van der Waals surface area contributed by atoms with Crippen LogP contribution in [0.3, 0.4) is 0 Å². The Bertz CT molecular complexity index is 430. The molecular formula is C14H19N3O. The molecule has 1 fully saturated rings. The Balaban J connectivity index is 1.65. The SMILES string of the molecule is O=C(C1CC=CC1)N1CCC[C@H](c2ccn[nH]2)C1. The van der Waals surface area contributed by atoms with Crippen LogP contribution in [0.4, 0.5) is 0 Å². The van der Waals surface area contributed by atoms with Gasteiger partial charge in [-0.1, -0.05) is 12.2 Å². The summed E-state index contributed by atoms with van der Waals surface area (Å²) in [4.78, 5) is 14.4. The van der Waals surface area contributed by atoms with Crippen LogP contribution in [0.2, 0.25) is 0 Å². The van der Waals surface area contributed by atoms with Crippen molar-refractivity contribution in [2.75, 3.05) is 13.1 Å². The molecule has 1 aromatic rings. The second-order valence-corrected chi connectivity index (χ2v) is 5.28. The lowest BCUT2D eigenvalue weighted by atomic mass is 9.93. The van der Waals surface area contributed by atoms with Crippen LogP contribution in [-0.4, -0.2) is 34.1 Å². The standard InChI is InChI=1S/C14H19N3O/c18-14(11-4-1-2-5-11)17-9-3-6-12(10-17)13-7-8-15-16-13/h1-2,7-8,11-12H,3-6,9-10H2,(H,15,16)/t12-/m0/s1. The summed E-state index contributed by atoms with van der Waals surface area (Å²) in [6.45, 7) is 1.76. The van der Waals surface area contributed by atoms with Crippen molar-refractivity contribution in [2.45, 2.75) is 31.6 Å². The van der Waals surface area contributed by atoms with Gasteiger partial charge in [0.15, 0.2) is 0 Å². The number of H-pyrrole nitrogens is 1. The molecule has 96 valence electrons. The Morgan fingerprint density at radius 1 is 1.39 bits per heavy atom. The number of nitrogens with zero attached hydrogens (tertiary/aromatic N) is 2. The maximum Gasteiger partial charge on any atom is 0.226 e. The van der Waals surface area contributed by atoms with Gasteiger partial charge in [0.1, 0.15) is 0 Å². The first-order chi connectivity index (χ1) is 8.84. The first kappa shape index (κ1) is 11.5. The van der Waals surface area contributed by atoms with E-state index in [2.05, 4.69) is 22.3 Å². The number of aromatic amines is 1. The number of allylic oxidation sites excluding steroid dienone is 2. The first-order valence-corrected chi connectivity index (χ1v) is 6.77. The van der Waals surface area contributed by atoms with Crippen molar-refractivity contribution in [2.24, 2.45) is 5.92 Å². The Kier molecular flexibility index (Phi) is 3.17. The highest BCUT2D eigenvalue weighted by molar-refractivity contribution is 5.79. The second kappa shape index (κ2) is 4.96. The molecular weight excluding hydrogens is 226 g/mol. The Hall–Kier alpha value is -1.58. The molecule has 1 saturated heterocycles. The van der Waals surface area contributed by atoms with Crippen LogP contribution >= 0.6 is 0 Å². The van der Waals surface area contributed by atoms with E-state index in [1.54, 1.807) is 6.20 Å². The summed E-state index contributed by atoms with van der Waals surface area (Å²) in [5.74, 6) is 0.967. The maximum absolute atomic E-state index is 12.4. The van der Waals surface area contributed by atoms with E-state index in [4.69, 9.17) is 0 Å². The van der Waals surface area contributed by atoms with Gasteiger partial charge in [-0.05, 0) is 31.7 Å². The van der Waals surface area contributed by atoms with E-state index < -0.39 is 0 Å². The van der Waals surface area contributed by atoms with Crippen molar-refractivity contribution >= 4 is 5.91 Å². The highest BCUT2D eigenvalue weighted by Gasteiger charge is 2.29. The molecule has 3 rings (SSSR count). The van der Waals surface area contributed by atoms with E-state index in [1.165, 1.54) is 0 Å². The lowest BCUT2D eigenvalue weighted by Gasteiger charge is -2.33. The molecule has 0 saturated carbocycles. The maximum atomic E-state index is 12.4. The van der Waals surface area contributed by atoms with Crippen LogP contribution in [0.1, 0.15) is 37.3 Å². The van der Waals surface area contributed by atoms with Gasteiger partial charge in [0.2, 0.25) is 5.91 Å². The molecule has 4 heteroatoms. The molecule has 18 heavy (non-hydrogen) atoms. The molecule has 1 aliphatic carbocycles. The molecule has 1 amide bonds. The van der Waals surface area contributed by atoms with Gasteiger partial charge in [0, 0.05) is 36.8 Å². The lowest BCUT2D eigenvalue weighted by Crippen LogP contribution is -2.42. The normalized spacial score (nSPS) is 24.7. The number of piperidine rings is 1. The summed E-state index contributed by atoms with van der Waals surface area (Å²) in [5, 5.41) is 7.04. The fraction of sp³-hybridized carbons (Fsp3) is 0.571. The fourth-order valence-electron chi connectivity index (χ4n) is 3.00. The smallest absolute Gasteiger partial charge is 0.226 e. The number of nitrogens with one attached hydrogen (secondary N) is 1. The van der Waals surface area contributed by atoms with Gasteiger partial charge in [-0.15, -0.1) is 0 Å². The van der Waals surface area contributed by atoms with Gasteiger partial charge in [-0.3, -0.25) is 9.89 Å². The average molecular weight is 245 g/mol. The number of carbonyl (C=O) groups is 1.